The van der Waals surface area contributed by atoms with Crippen LogP contribution in [-0.4, -0.2) is 0 Å². The molecule has 1 unspecified atom stereocenters. The van der Waals surface area contributed by atoms with Crippen molar-refractivity contribution in [1.29, 1.82) is 0 Å². The van der Waals surface area contributed by atoms with Crippen molar-refractivity contribution in [2.24, 2.45) is 0 Å². The van der Waals surface area contributed by atoms with Gasteiger partial charge in [-0.1, -0.05) is 41.4 Å². The topological polar surface area (TPSA) is 12.0 Å². The van der Waals surface area contributed by atoms with Crippen molar-refractivity contribution in [2.45, 2.75) is 19.0 Å². The van der Waals surface area contributed by atoms with Gasteiger partial charge in [-0.15, -0.1) is 0 Å². The van der Waals surface area contributed by atoms with Gasteiger partial charge < -0.3 is 5.32 Å². The van der Waals surface area contributed by atoms with Gasteiger partial charge in [0.2, 0.25) is 0 Å². The molecule has 1 atom stereocenters. The highest BCUT2D eigenvalue weighted by Crippen LogP contribution is 2.28. The van der Waals surface area contributed by atoms with Crippen molar-refractivity contribution in [1.82, 2.24) is 5.32 Å². The van der Waals surface area contributed by atoms with Crippen LogP contribution >= 0.6 is 23.2 Å². The van der Waals surface area contributed by atoms with Crippen LogP contribution in [0.4, 0.5) is 0 Å². The number of benzene rings is 2. The van der Waals surface area contributed by atoms with Gasteiger partial charge in [0.15, 0.2) is 0 Å². The Labute approximate surface area is 117 Å². The fourth-order valence-electron chi connectivity index (χ4n) is 2.41. The van der Waals surface area contributed by atoms with Gasteiger partial charge in [-0.3, -0.25) is 0 Å². The normalized spacial score (nSPS) is 18.4. The molecule has 0 aromatic heterocycles. The summed E-state index contributed by atoms with van der Waals surface area (Å²) in [5, 5.41) is 5.13. The second-order valence-electron chi connectivity index (χ2n) is 4.60. The number of hydrogen-bond acceptors (Lipinski definition) is 1. The van der Waals surface area contributed by atoms with Crippen LogP contribution in [0.5, 0.6) is 0 Å². The van der Waals surface area contributed by atoms with Crippen molar-refractivity contribution in [3.63, 3.8) is 0 Å². The molecule has 1 aliphatic rings. The molecule has 1 heterocycles. The second-order valence-corrected chi connectivity index (χ2v) is 5.48. The highest BCUT2D eigenvalue weighted by atomic mass is 35.5. The molecule has 0 saturated heterocycles. The molecular weight excluding hydrogens is 265 g/mol. The van der Waals surface area contributed by atoms with E-state index in [0.717, 1.165) is 23.0 Å². The maximum Gasteiger partial charge on any atom is 0.0408 e. The predicted molar refractivity (Wildman–Crippen MR) is 76.2 cm³/mol. The lowest BCUT2D eigenvalue weighted by atomic mass is 9.92. The Bertz CT molecular complexity index is 563. The third kappa shape index (κ3) is 2.39. The van der Waals surface area contributed by atoms with Gasteiger partial charge in [0.05, 0.1) is 0 Å². The van der Waals surface area contributed by atoms with Gasteiger partial charge in [-0.05, 0) is 47.4 Å². The molecule has 0 spiro atoms. The Balaban J connectivity index is 1.88. The Morgan fingerprint density at radius 2 is 1.61 bits per heavy atom. The number of fused-ring (bicyclic) bond motifs is 1. The van der Waals surface area contributed by atoms with Gasteiger partial charge in [0, 0.05) is 22.6 Å². The maximum absolute atomic E-state index is 6.05. The minimum atomic E-state index is 0.341. The predicted octanol–water partition coefficient (Wildman–Crippen LogP) is 4.38. The highest BCUT2D eigenvalue weighted by Gasteiger charge is 2.19. The average Bonchev–Trinajstić information content (AvgIpc) is 2.38. The molecule has 1 nitrogen and oxygen atoms in total. The quantitative estimate of drug-likeness (QED) is 0.816. The summed E-state index contributed by atoms with van der Waals surface area (Å²) in [6.45, 7) is 0.889. The van der Waals surface area contributed by atoms with Crippen molar-refractivity contribution in [2.75, 3.05) is 0 Å². The number of hydrogen-bond donors (Lipinski definition) is 1. The third-order valence-electron chi connectivity index (χ3n) is 3.40. The Morgan fingerprint density at radius 1 is 0.889 bits per heavy atom. The van der Waals surface area contributed by atoms with E-state index in [4.69, 9.17) is 23.2 Å². The van der Waals surface area contributed by atoms with Gasteiger partial charge >= 0.3 is 0 Å². The average molecular weight is 278 g/mol. The second kappa shape index (κ2) is 4.93. The molecule has 0 amide bonds. The first-order valence-corrected chi connectivity index (χ1v) is 6.74. The van der Waals surface area contributed by atoms with Crippen LogP contribution in [0.3, 0.4) is 0 Å². The van der Waals surface area contributed by atoms with E-state index in [9.17, 15) is 0 Å². The number of halogens is 2. The van der Waals surface area contributed by atoms with Gasteiger partial charge in [-0.2, -0.15) is 0 Å². The van der Waals surface area contributed by atoms with E-state index >= 15 is 0 Å². The van der Waals surface area contributed by atoms with E-state index in [1.807, 2.05) is 18.2 Å². The lowest BCUT2D eigenvalue weighted by Crippen LogP contribution is -2.28. The molecule has 2 aromatic rings. The van der Waals surface area contributed by atoms with Crippen molar-refractivity contribution in [3.8, 4) is 0 Å². The highest BCUT2D eigenvalue weighted by molar-refractivity contribution is 6.30. The summed E-state index contributed by atoms with van der Waals surface area (Å²) in [5.74, 6) is 0. The summed E-state index contributed by atoms with van der Waals surface area (Å²) in [6.07, 6.45) is 0.970. The van der Waals surface area contributed by atoms with Crippen molar-refractivity contribution < 1.29 is 0 Å². The van der Waals surface area contributed by atoms with Crippen molar-refractivity contribution in [3.05, 3.63) is 69.2 Å². The lowest BCUT2D eigenvalue weighted by Gasteiger charge is -2.26. The molecule has 2 aromatic carbocycles. The van der Waals surface area contributed by atoms with Crippen LogP contribution < -0.4 is 5.32 Å². The maximum atomic E-state index is 6.05. The van der Waals surface area contributed by atoms with E-state index in [2.05, 4.69) is 29.6 Å². The molecule has 92 valence electrons. The van der Waals surface area contributed by atoms with Gasteiger partial charge in [0.1, 0.15) is 0 Å². The van der Waals surface area contributed by atoms with Gasteiger partial charge in [-0.25, -0.2) is 0 Å². The third-order valence-corrected chi connectivity index (χ3v) is 3.89. The zero-order valence-corrected chi connectivity index (χ0v) is 11.3. The molecule has 0 radical (unpaired) electrons. The number of rotatable bonds is 1. The largest absolute Gasteiger partial charge is 0.306 e. The molecular formula is C15H13Cl2N. The molecule has 0 aliphatic carbocycles. The lowest BCUT2D eigenvalue weighted by molar-refractivity contribution is 0.499. The monoisotopic (exact) mass is 277 g/mol. The molecule has 3 rings (SSSR count). The van der Waals surface area contributed by atoms with E-state index < -0.39 is 0 Å². The summed E-state index contributed by atoms with van der Waals surface area (Å²) in [7, 11) is 0. The minimum absolute atomic E-state index is 0.341. The fourth-order valence-corrected chi connectivity index (χ4v) is 2.73. The van der Waals surface area contributed by atoms with E-state index in [-0.39, 0.29) is 0 Å². The molecule has 1 aliphatic heterocycles. The van der Waals surface area contributed by atoms with Crippen LogP contribution in [0, 0.1) is 0 Å². The zero-order chi connectivity index (χ0) is 12.5. The first-order valence-electron chi connectivity index (χ1n) is 5.98. The van der Waals surface area contributed by atoms with Crippen LogP contribution in [0.25, 0.3) is 0 Å². The number of nitrogens with one attached hydrogen (secondary N) is 1. The molecule has 0 fully saturated rings. The Hall–Kier alpha value is -1.02. The Morgan fingerprint density at radius 3 is 2.39 bits per heavy atom. The molecule has 3 heteroatoms. The van der Waals surface area contributed by atoms with Crippen LogP contribution in [-0.2, 0) is 13.0 Å². The summed E-state index contributed by atoms with van der Waals surface area (Å²) < 4.78 is 0. The molecule has 1 N–H and O–H groups in total. The Kier molecular flexibility index (Phi) is 3.29. The van der Waals surface area contributed by atoms with E-state index in [1.54, 1.807) is 0 Å². The molecule has 0 bridgehead atoms. The fraction of sp³-hybridized carbons (Fsp3) is 0.200. The SMILES string of the molecule is Clc1ccc(C2Cc3cc(Cl)ccc3CN2)cc1. The van der Waals surface area contributed by atoms with Crippen LogP contribution in [0.2, 0.25) is 10.0 Å². The summed E-state index contributed by atoms with van der Waals surface area (Å²) in [5.41, 5.74) is 3.94. The summed E-state index contributed by atoms with van der Waals surface area (Å²) in [6, 6.07) is 14.5. The zero-order valence-electron chi connectivity index (χ0n) is 9.79. The smallest absolute Gasteiger partial charge is 0.0408 e. The standard InChI is InChI=1S/C15H13Cl2N/c16-13-4-1-10(2-5-13)15-8-12-7-14(17)6-3-11(12)9-18-15/h1-7,15,18H,8-9H2. The van der Waals surface area contributed by atoms with E-state index in [0.29, 0.717) is 6.04 Å². The summed E-state index contributed by atoms with van der Waals surface area (Å²) in [4.78, 5) is 0. The van der Waals surface area contributed by atoms with Crippen LogP contribution in [0.1, 0.15) is 22.7 Å². The first kappa shape index (κ1) is 12.0. The molecule has 0 saturated carbocycles. The van der Waals surface area contributed by atoms with Crippen LogP contribution in [0.15, 0.2) is 42.5 Å². The summed E-state index contributed by atoms with van der Waals surface area (Å²) >= 11 is 12.0. The van der Waals surface area contributed by atoms with E-state index in [1.165, 1.54) is 16.7 Å². The minimum Gasteiger partial charge on any atom is -0.306 e. The first-order chi connectivity index (χ1) is 8.72. The van der Waals surface area contributed by atoms with Crippen molar-refractivity contribution >= 4 is 23.2 Å². The van der Waals surface area contributed by atoms with Gasteiger partial charge in [0.25, 0.3) is 0 Å². The molecule has 18 heavy (non-hydrogen) atoms.